The highest BCUT2D eigenvalue weighted by atomic mass is 16.8. The zero-order valence-electron chi connectivity index (χ0n) is 65.7. The van der Waals surface area contributed by atoms with E-state index >= 15 is 0 Å². The Kier molecular flexibility index (Phi) is 60.5. The predicted octanol–water partition coefficient (Wildman–Crippen LogP) is 15.2. The zero-order valence-corrected chi connectivity index (χ0v) is 65.7. The van der Waals surface area contributed by atoms with Gasteiger partial charge in [-0.05, 0) is 70.6 Å². The quantitative estimate of drug-likeness (QED) is 0.0199. The lowest BCUT2D eigenvalue weighted by molar-refractivity contribution is -0.379. The van der Waals surface area contributed by atoms with Gasteiger partial charge in [0, 0.05) is 6.42 Å². The van der Waals surface area contributed by atoms with Crippen LogP contribution in [0.2, 0.25) is 0 Å². The highest BCUT2D eigenvalue weighted by molar-refractivity contribution is 5.76. The van der Waals surface area contributed by atoms with Gasteiger partial charge in [-0.15, -0.1) is 0 Å². The van der Waals surface area contributed by atoms with Crippen LogP contribution >= 0.6 is 0 Å². The van der Waals surface area contributed by atoms with Crippen molar-refractivity contribution in [2.24, 2.45) is 0 Å². The lowest BCUT2D eigenvalue weighted by Crippen LogP contribution is -2.66. The van der Waals surface area contributed by atoms with E-state index in [1.165, 1.54) is 238 Å². The Balaban J connectivity index is 1.29. The molecule has 0 aromatic heterocycles. The number of allylic oxidation sites excluding steroid dienone is 11. The summed E-state index contributed by atoms with van der Waals surface area (Å²) in [6, 6.07) is -0.991. The molecule has 3 heterocycles. The first-order valence-electron chi connectivity index (χ1n) is 42.7. The number of carbonyl (C=O) groups is 1. The second-order valence-corrected chi connectivity index (χ2v) is 30.3. The van der Waals surface area contributed by atoms with Crippen molar-refractivity contribution >= 4 is 5.91 Å². The maximum atomic E-state index is 13.5. The third-order valence-electron chi connectivity index (χ3n) is 21.0. The highest BCUT2D eigenvalue weighted by Crippen LogP contribution is 2.33. The molecule has 12 N–H and O–H groups in total. The molecule has 3 rings (SSSR count). The number of aliphatic hydroxyl groups is 11. The first-order valence-corrected chi connectivity index (χ1v) is 42.7. The van der Waals surface area contributed by atoms with Gasteiger partial charge >= 0.3 is 0 Å². The van der Waals surface area contributed by atoms with Crippen LogP contribution in [0.1, 0.15) is 335 Å². The fraction of sp³-hybridized carbons (Fsp3) is 0.849. The van der Waals surface area contributed by atoms with Gasteiger partial charge < -0.3 is 89.9 Å². The van der Waals surface area contributed by atoms with Crippen LogP contribution in [0.3, 0.4) is 0 Å². The van der Waals surface area contributed by atoms with E-state index in [-0.39, 0.29) is 18.9 Å². The molecule has 0 radical (unpaired) electrons. The van der Waals surface area contributed by atoms with E-state index in [2.05, 4.69) is 79.9 Å². The largest absolute Gasteiger partial charge is 0.394 e. The standard InChI is InChI=1S/C86H155NO18/c1-3-5-7-9-11-13-15-17-19-21-23-24-25-26-27-28-29-30-31-32-33-34-35-36-37-38-39-40-41-42-43-44-46-48-50-52-54-56-58-60-62-64-74(92)87-69(70(91)63-61-59-57-55-53-51-49-47-45-22-20-18-16-14-12-10-8-6-4-2)68-100-84-80(98)77(95)82(72(66-89)102-84)105-86-81(99)78(96)83(73(67-90)103-86)104-85-79(97)76(94)75(93)71(65-88)101-85/h5,7,11,13,17,19,23-24,53,55,61,63,69-73,75-86,88-91,93-99H,3-4,6,8-10,12,14-16,18,20-22,25-52,54,56-60,62,64-68H2,1-2H3,(H,87,92)/b7-5-,13-11-,19-17-,24-23-,55-53+,63-61+. The van der Waals surface area contributed by atoms with Gasteiger partial charge in [-0.1, -0.05) is 331 Å². The average Bonchev–Trinajstić information content (AvgIpc) is 0.781. The van der Waals surface area contributed by atoms with Crippen molar-refractivity contribution in [1.82, 2.24) is 5.32 Å². The Labute approximate surface area is 636 Å². The van der Waals surface area contributed by atoms with Crippen molar-refractivity contribution in [1.29, 1.82) is 0 Å². The van der Waals surface area contributed by atoms with Crippen LogP contribution in [0.15, 0.2) is 72.9 Å². The minimum atomic E-state index is -1.98. The van der Waals surface area contributed by atoms with E-state index in [1.807, 2.05) is 6.08 Å². The van der Waals surface area contributed by atoms with E-state index in [0.29, 0.717) is 12.8 Å². The van der Waals surface area contributed by atoms with Crippen LogP contribution in [-0.2, 0) is 33.2 Å². The Bertz CT molecular complexity index is 2180. The number of aliphatic hydroxyl groups excluding tert-OH is 11. The molecule has 19 nitrogen and oxygen atoms in total. The van der Waals surface area contributed by atoms with Crippen molar-refractivity contribution in [2.45, 2.75) is 439 Å². The van der Waals surface area contributed by atoms with Crippen LogP contribution in [0.5, 0.6) is 0 Å². The van der Waals surface area contributed by atoms with Gasteiger partial charge in [0.15, 0.2) is 18.9 Å². The topological polar surface area (TPSA) is 307 Å². The molecular weight excluding hydrogens is 1330 g/mol. The van der Waals surface area contributed by atoms with Crippen LogP contribution in [0.4, 0.5) is 0 Å². The number of unbranched alkanes of at least 4 members (excludes halogenated alkanes) is 42. The van der Waals surface area contributed by atoms with Crippen LogP contribution in [0, 0.1) is 0 Å². The second kappa shape index (κ2) is 65.9. The first kappa shape index (κ1) is 96.4. The third kappa shape index (κ3) is 45.4. The van der Waals surface area contributed by atoms with Gasteiger partial charge in [0.1, 0.15) is 73.2 Å². The van der Waals surface area contributed by atoms with Crippen molar-refractivity contribution in [2.75, 3.05) is 26.4 Å². The Morgan fingerprint density at radius 2 is 0.667 bits per heavy atom. The Morgan fingerprint density at radius 1 is 0.352 bits per heavy atom. The maximum Gasteiger partial charge on any atom is 0.220 e. The van der Waals surface area contributed by atoms with Gasteiger partial charge in [0.2, 0.25) is 5.91 Å². The molecule has 105 heavy (non-hydrogen) atoms. The summed E-state index contributed by atoms with van der Waals surface area (Å²) >= 11 is 0. The molecule has 3 fully saturated rings. The van der Waals surface area contributed by atoms with E-state index in [1.54, 1.807) is 6.08 Å². The number of nitrogens with one attached hydrogen (secondary N) is 1. The van der Waals surface area contributed by atoms with E-state index in [0.717, 1.165) is 64.2 Å². The lowest BCUT2D eigenvalue weighted by Gasteiger charge is -2.48. The van der Waals surface area contributed by atoms with Crippen molar-refractivity contribution in [3.63, 3.8) is 0 Å². The molecule has 0 saturated carbocycles. The fourth-order valence-corrected chi connectivity index (χ4v) is 14.2. The molecule has 17 atom stereocenters. The minimum Gasteiger partial charge on any atom is -0.394 e. The van der Waals surface area contributed by atoms with Gasteiger partial charge in [-0.25, -0.2) is 0 Å². The fourth-order valence-electron chi connectivity index (χ4n) is 14.2. The number of hydrogen-bond acceptors (Lipinski definition) is 18. The highest BCUT2D eigenvalue weighted by Gasteiger charge is 2.54. The number of rotatable bonds is 68. The third-order valence-corrected chi connectivity index (χ3v) is 21.0. The molecule has 3 aliphatic heterocycles. The van der Waals surface area contributed by atoms with E-state index in [4.69, 9.17) is 28.4 Å². The summed E-state index contributed by atoms with van der Waals surface area (Å²) in [5.74, 6) is -0.280. The summed E-state index contributed by atoms with van der Waals surface area (Å²) in [5, 5.41) is 121. The smallest absolute Gasteiger partial charge is 0.220 e. The van der Waals surface area contributed by atoms with Gasteiger partial charge in [-0.2, -0.15) is 0 Å². The van der Waals surface area contributed by atoms with Crippen LogP contribution in [-0.4, -0.2) is 193 Å². The summed E-state index contributed by atoms with van der Waals surface area (Å²) in [4.78, 5) is 13.5. The summed E-state index contributed by atoms with van der Waals surface area (Å²) in [7, 11) is 0. The summed E-state index contributed by atoms with van der Waals surface area (Å²) in [5.41, 5.74) is 0. The van der Waals surface area contributed by atoms with E-state index in [9.17, 15) is 61.0 Å². The number of ether oxygens (including phenoxy) is 6. The first-order chi connectivity index (χ1) is 51.3. The van der Waals surface area contributed by atoms with Gasteiger partial charge in [0.05, 0.1) is 38.6 Å². The molecular formula is C86H155NO18. The predicted molar refractivity (Wildman–Crippen MR) is 420 cm³/mol. The molecule has 0 aromatic carbocycles. The van der Waals surface area contributed by atoms with Crippen molar-refractivity contribution in [3.8, 4) is 0 Å². The van der Waals surface area contributed by atoms with Crippen molar-refractivity contribution < 1.29 is 89.4 Å². The summed E-state index contributed by atoms with van der Waals surface area (Å²) in [6.07, 6.45) is 60.7. The van der Waals surface area contributed by atoms with Crippen molar-refractivity contribution in [3.05, 3.63) is 72.9 Å². The molecule has 0 aromatic rings. The van der Waals surface area contributed by atoms with Crippen LogP contribution in [0.25, 0.3) is 0 Å². The Hall–Kier alpha value is -2.77. The SMILES string of the molecule is CC/C=C\C/C=C\C/C=C\C/C=C\CCCCCCCCCCCCCCCCCCCCCCCCCCCCCCC(=O)NC(COC1OC(CO)C(OC2OC(CO)C(OC3OC(CO)C(O)C(O)C3O)C(O)C2O)C(O)C1O)C(O)/C=C/CC/C=C/CCCCCCCCCCCCCCC. The molecule has 3 saturated heterocycles. The molecule has 0 aliphatic carbocycles. The molecule has 612 valence electrons. The summed E-state index contributed by atoms with van der Waals surface area (Å²) in [6.45, 7) is 1.64. The molecule has 19 heteroatoms. The lowest BCUT2D eigenvalue weighted by atomic mass is 9.96. The second-order valence-electron chi connectivity index (χ2n) is 30.3. The molecule has 0 bridgehead atoms. The molecule has 17 unspecified atom stereocenters. The molecule has 3 aliphatic rings. The number of carbonyl (C=O) groups excluding carboxylic acids is 1. The molecule has 1 amide bonds. The minimum absolute atomic E-state index is 0.238. The van der Waals surface area contributed by atoms with Crippen LogP contribution < -0.4 is 5.32 Å². The Morgan fingerprint density at radius 3 is 1.07 bits per heavy atom. The number of amides is 1. The van der Waals surface area contributed by atoms with E-state index < -0.39 is 124 Å². The maximum absolute atomic E-state index is 13.5. The average molecular weight is 1490 g/mol. The van der Waals surface area contributed by atoms with Gasteiger partial charge in [0.25, 0.3) is 0 Å². The molecule has 0 spiro atoms. The normalized spacial score (nSPS) is 26.1. The summed E-state index contributed by atoms with van der Waals surface area (Å²) < 4.78 is 34.4. The monoisotopic (exact) mass is 1490 g/mol. The zero-order chi connectivity index (χ0) is 76.0. The van der Waals surface area contributed by atoms with Gasteiger partial charge in [-0.3, -0.25) is 4.79 Å². The number of hydrogen-bond donors (Lipinski definition) is 12.